The molecule has 0 aromatic heterocycles. The Morgan fingerprint density at radius 2 is 2.05 bits per heavy atom. The SMILES string of the molecule is Cc1cccc(C)c1N1CC(CC#N)NCCC1C. The lowest BCUT2D eigenvalue weighted by atomic mass is 10.0. The van der Waals surface area contributed by atoms with E-state index in [0.717, 1.165) is 19.5 Å². The first kappa shape index (κ1) is 13.9. The van der Waals surface area contributed by atoms with Crippen molar-refractivity contribution in [2.45, 2.75) is 45.7 Å². The summed E-state index contributed by atoms with van der Waals surface area (Å²) in [6.07, 6.45) is 1.70. The van der Waals surface area contributed by atoms with Crippen LogP contribution in [0.4, 0.5) is 5.69 Å². The Bertz CT molecular complexity index is 455. The lowest BCUT2D eigenvalue weighted by molar-refractivity contribution is 0.552. The second-order valence-electron chi connectivity index (χ2n) is 5.54. The summed E-state index contributed by atoms with van der Waals surface area (Å²) in [6, 6.07) is 9.53. The van der Waals surface area contributed by atoms with Crippen molar-refractivity contribution in [3.8, 4) is 6.07 Å². The van der Waals surface area contributed by atoms with Gasteiger partial charge in [0.05, 0.1) is 12.5 Å². The largest absolute Gasteiger partial charge is 0.367 e. The van der Waals surface area contributed by atoms with Crippen molar-refractivity contribution in [1.82, 2.24) is 5.32 Å². The Morgan fingerprint density at radius 3 is 2.68 bits per heavy atom. The Kier molecular flexibility index (Phi) is 4.44. The van der Waals surface area contributed by atoms with Gasteiger partial charge >= 0.3 is 0 Å². The molecule has 0 saturated carbocycles. The third-order valence-corrected chi connectivity index (χ3v) is 4.01. The number of benzene rings is 1. The molecule has 3 heteroatoms. The Labute approximate surface area is 116 Å². The summed E-state index contributed by atoms with van der Waals surface area (Å²) < 4.78 is 0. The third-order valence-electron chi connectivity index (χ3n) is 4.01. The van der Waals surface area contributed by atoms with Gasteiger partial charge in [0.25, 0.3) is 0 Å². The summed E-state index contributed by atoms with van der Waals surface area (Å²) in [5.74, 6) is 0. The molecule has 1 aromatic carbocycles. The van der Waals surface area contributed by atoms with Crippen molar-refractivity contribution in [3.63, 3.8) is 0 Å². The number of nitrogens with one attached hydrogen (secondary N) is 1. The minimum atomic E-state index is 0.272. The van der Waals surface area contributed by atoms with E-state index < -0.39 is 0 Å². The van der Waals surface area contributed by atoms with Crippen molar-refractivity contribution in [3.05, 3.63) is 29.3 Å². The van der Waals surface area contributed by atoms with E-state index in [9.17, 15) is 0 Å². The van der Waals surface area contributed by atoms with Crippen LogP contribution in [0.15, 0.2) is 18.2 Å². The van der Waals surface area contributed by atoms with Gasteiger partial charge in [-0.1, -0.05) is 18.2 Å². The van der Waals surface area contributed by atoms with Crippen LogP contribution in [0.25, 0.3) is 0 Å². The molecule has 0 spiro atoms. The Morgan fingerprint density at radius 1 is 1.37 bits per heavy atom. The number of rotatable bonds is 2. The molecular weight excluding hydrogens is 234 g/mol. The van der Waals surface area contributed by atoms with Gasteiger partial charge in [0.1, 0.15) is 0 Å². The van der Waals surface area contributed by atoms with E-state index >= 15 is 0 Å². The minimum Gasteiger partial charge on any atom is -0.367 e. The lowest BCUT2D eigenvalue weighted by Crippen LogP contribution is -2.40. The summed E-state index contributed by atoms with van der Waals surface area (Å²) in [5.41, 5.74) is 4.00. The predicted molar refractivity (Wildman–Crippen MR) is 79.4 cm³/mol. The maximum atomic E-state index is 8.93. The van der Waals surface area contributed by atoms with Gasteiger partial charge in [0, 0.05) is 24.3 Å². The lowest BCUT2D eigenvalue weighted by Gasteiger charge is -2.33. The number of hydrogen-bond donors (Lipinski definition) is 1. The second kappa shape index (κ2) is 6.08. The smallest absolute Gasteiger partial charge is 0.0638 e. The molecule has 0 radical (unpaired) electrons. The maximum Gasteiger partial charge on any atom is 0.0638 e. The topological polar surface area (TPSA) is 39.1 Å². The highest BCUT2D eigenvalue weighted by Crippen LogP contribution is 2.28. The van der Waals surface area contributed by atoms with Crippen LogP contribution < -0.4 is 10.2 Å². The van der Waals surface area contributed by atoms with E-state index in [1.165, 1.54) is 16.8 Å². The van der Waals surface area contributed by atoms with Crippen molar-refractivity contribution in [2.24, 2.45) is 0 Å². The van der Waals surface area contributed by atoms with Crippen LogP contribution in [-0.4, -0.2) is 25.2 Å². The molecule has 1 aromatic rings. The van der Waals surface area contributed by atoms with E-state index in [1.807, 2.05) is 0 Å². The molecule has 3 nitrogen and oxygen atoms in total. The van der Waals surface area contributed by atoms with Crippen molar-refractivity contribution in [1.29, 1.82) is 5.26 Å². The summed E-state index contributed by atoms with van der Waals surface area (Å²) in [5, 5.41) is 12.4. The maximum absolute atomic E-state index is 8.93. The molecule has 0 aliphatic carbocycles. The highest BCUT2D eigenvalue weighted by molar-refractivity contribution is 5.59. The van der Waals surface area contributed by atoms with Gasteiger partial charge < -0.3 is 10.2 Å². The molecule has 19 heavy (non-hydrogen) atoms. The first-order valence-electron chi connectivity index (χ1n) is 7.06. The summed E-state index contributed by atoms with van der Waals surface area (Å²) >= 11 is 0. The van der Waals surface area contributed by atoms with Gasteiger partial charge in [0.2, 0.25) is 0 Å². The van der Waals surface area contributed by atoms with Crippen LogP contribution in [-0.2, 0) is 0 Å². The molecule has 2 rings (SSSR count). The quantitative estimate of drug-likeness (QED) is 0.885. The van der Waals surface area contributed by atoms with E-state index in [4.69, 9.17) is 5.26 Å². The molecular formula is C16H23N3. The van der Waals surface area contributed by atoms with E-state index in [2.05, 4.69) is 55.3 Å². The normalized spacial score (nSPS) is 23.8. The average Bonchev–Trinajstić information content (AvgIpc) is 2.53. The molecule has 1 aliphatic heterocycles. The molecule has 102 valence electrons. The molecule has 2 unspecified atom stereocenters. The van der Waals surface area contributed by atoms with E-state index in [-0.39, 0.29) is 6.04 Å². The van der Waals surface area contributed by atoms with Gasteiger partial charge in [-0.15, -0.1) is 0 Å². The van der Waals surface area contributed by atoms with Gasteiger partial charge in [-0.05, 0) is 44.9 Å². The molecule has 1 aliphatic rings. The van der Waals surface area contributed by atoms with Crippen LogP contribution in [0.3, 0.4) is 0 Å². The van der Waals surface area contributed by atoms with Crippen molar-refractivity contribution < 1.29 is 0 Å². The molecule has 2 atom stereocenters. The van der Waals surface area contributed by atoms with Gasteiger partial charge in [-0.2, -0.15) is 5.26 Å². The average molecular weight is 257 g/mol. The third kappa shape index (κ3) is 3.08. The van der Waals surface area contributed by atoms with Crippen LogP contribution in [0.1, 0.15) is 30.9 Å². The monoisotopic (exact) mass is 257 g/mol. The molecule has 1 N–H and O–H groups in total. The highest BCUT2D eigenvalue weighted by Gasteiger charge is 2.24. The van der Waals surface area contributed by atoms with Gasteiger partial charge in [0.15, 0.2) is 0 Å². The van der Waals surface area contributed by atoms with Crippen LogP contribution in [0.5, 0.6) is 0 Å². The molecule has 1 heterocycles. The zero-order valence-corrected chi connectivity index (χ0v) is 12.1. The number of nitrogens with zero attached hydrogens (tertiary/aromatic N) is 2. The Balaban J connectivity index is 2.31. The minimum absolute atomic E-state index is 0.272. The zero-order valence-electron chi connectivity index (χ0n) is 12.1. The van der Waals surface area contributed by atoms with Gasteiger partial charge in [-0.25, -0.2) is 0 Å². The van der Waals surface area contributed by atoms with E-state index in [0.29, 0.717) is 12.5 Å². The predicted octanol–water partition coefficient (Wildman–Crippen LogP) is 2.77. The first-order valence-corrected chi connectivity index (χ1v) is 7.06. The van der Waals surface area contributed by atoms with E-state index in [1.54, 1.807) is 0 Å². The van der Waals surface area contributed by atoms with Crippen LogP contribution in [0, 0.1) is 25.2 Å². The molecule has 1 saturated heterocycles. The molecule has 1 fully saturated rings. The highest BCUT2D eigenvalue weighted by atomic mass is 15.2. The molecule has 0 amide bonds. The Hall–Kier alpha value is -1.53. The van der Waals surface area contributed by atoms with Crippen molar-refractivity contribution in [2.75, 3.05) is 18.0 Å². The number of anilines is 1. The molecule has 0 bridgehead atoms. The second-order valence-corrected chi connectivity index (χ2v) is 5.54. The number of hydrogen-bond acceptors (Lipinski definition) is 3. The fourth-order valence-corrected chi connectivity index (χ4v) is 2.95. The number of aryl methyl sites for hydroxylation is 2. The first-order chi connectivity index (χ1) is 9.13. The van der Waals surface area contributed by atoms with Crippen molar-refractivity contribution >= 4 is 5.69 Å². The fourth-order valence-electron chi connectivity index (χ4n) is 2.95. The standard InChI is InChI=1S/C16H23N3/c1-12-5-4-6-13(2)16(12)19-11-15(7-9-17)18-10-8-14(19)3/h4-6,14-15,18H,7-8,10-11H2,1-3H3. The summed E-state index contributed by atoms with van der Waals surface area (Å²) in [7, 11) is 0. The fraction of sp³-hybridized carbons (Fsp3) is 0.562. The van der Waals surface area contributed by atoms with Gasteiger partial charge in [-0.3, -0.25) is 0 Å². The zero-order chi connectivity index (χ0) is 13.8. The summed E-state index contributed by atoms with van der Waals surface area (Å²) in [4.78, 5) is 2.48. The number of nitriles is 1. The van der Waals surface area contributed by atoms with Crippen LogP contribution in [0.2, 0.25) is 0 Å². The van der Waals surface area contributed by atoms with Crippen LogP contribution >= 0.6 is 0 Å². The summed E-state index contributed by atoms with van der Waals surface area (Å²) in [6.45, 7) is 8.54. The number of para-hydroxylation sites is 1.